The second-order valence-corrected chi connectivity index (χ2v) is 7.17. The van der Waals surface area contributed by atoms with Crippen LogP contribution in [-0.2, 0) is 22.5 Å². The molecule has 1 aromatic carbocycles. The van der Waals surface area contributed by atoms with Gasteiger partial charge in [-0.05, 0) is 26.0 Å². The second-order valence-electron chi connectivity index (χ2n) is 6.23. The number of nitrogens with one attached hydrogen (secondary N) is 1. The number of amides is 1. The molecule has 24 heavy (non-hydrogen) atoms. The fraction of sp³-hybridized carbons (Fsp3) is 0.444. The van der Waals surface area contributed by atoms with E-state index in [2.05, 4.69) is 34.4 Å². The molecule has 2 heterocycles. The monoisotopic (exact) mass is 345 g/mol. The SMILES string of the molecule is C[C@H]1COC[C@H](C)N1Cc1csc(CC(=O)Nc2ccccc2)n1. The van der Waals surface area contributed by atoms with Crippen LogP contribution in [0, 0.1) is 0 Å². The lowest BCUT2D eigenvalue weighted by Crippen LogP contribution is -2.48. The van der Waals surface area contributed by atoms with Crippen molar-refractivity contribution in [2.75, 3.05) is 18.5 Å². The first-order valence-corrected chi connectivity index (χ1v) is 9.11. The zero-order valence-corrected chi connectivity index (χ0v) is 14.9. The number of benzene rings is 1. The topological polar surface area (TPSA) is 54.5 Å². The molecule has 1 fully saturated rings. The summed E-state index contributed by atoms with van der Waals surface area (Å²) in [5, 5.41) is 5.81. The Balaban J connectivity index is 1.56. The van der Waals surface area contributed by atoms with Gasteiger partial charge < -0.3 is 10.1 Å². The summed E-state index contributed by atoms with van der Waals surface area (Å²) >= 11 is 1.55. The molecular formula is C18H23N3O2S. The van der Waals surface area contributed by atoms with Crippen LogP contribution >= 0.6 is 11.3 Å². The Morgan fingerprint density at radius 2 is 2.00 bits per heavy atom. The highest BCUT2D eigenvalue weighted by Crippen LogP contribution is 2.19. The first kappa shape index (κ1) is 17.1. The summed E-state index contributed by atoms with van der Waals surface area (Å²) in [7, 11) is 0. The van der Waals surface area contributed by atoms with E-state index in [4.69, 9.17) is 4.74 Å². The van der Waals surface area contributed by atoms with Crippen molar-refractivity contribution in [2.45, 2.75) is 38.9 Å². The van der Waals surface area contributed by atoms with Crippen molar-refractivity contribution in [3.63, 3.8) is 0 Å². The van der Waals surface area contributed by atoms with Gasteiger partial charge in [-0.15, -0.1) is 11.3 Å². The molecule has 0 spiro atoms. The summed E-state index contributed by atoms with van der Waals surface area (Å²) in [5.41, 5.74) is 1.85. The first-order valence-electron chi connectivity index (χ1n) is 8.23. The second kappa shape index (κ2) is 7.88. The highest BCUT2D eigenvalue weighted by Gasteiger charge is 2.26. The van der Waals surface area contributed by atoms with Crippen molar-refractivity contribution in [1.29, 1.82) is 0 Å². The van der Waals surface area contributed by atoms with Crippen molar-refractivity contribution in [1.82, 2.24) is 9.88 Å². The van der Waals surface area contributed by atoms with Crippen molar-refractivity contribution in [2.24, 2.45) is 0 Å². The smallest absolute Gasteiger partial charge is 0.231 e. The molecule has 0 radical (unpaired) electrons. The molecule has 1 aliphatic heterocycles. The molecule has 2 atom stereocenters. The molecular weight excluding hydrogens is 322 g/mol. The summed E-state index contributed by atoms with van der Waals surface area (Å²) in [6, 6.07) is 10.3. The molecule has 0 aliphatic carbocycles. The molecule has 1 saturated heterocycles. The van der Waals surface area contributed by atoms with Crippen molar-refractivity contribution >= 4 is 22.9 Å². The molecule has 1 aliphatic rings. The molecule has 1 N–H and O–H groups in total. The molecule has 1 amide bonds. The Morgan fingerprint density at radius 3 is 2.71 bits per heavy atom. The van der Waals surface area contributed by atoms with Gasteiger partial charge in [-0.1, -0.05) is 18.2 Å². The van der Waals surface area contributed by atoms with Crippen LogP contribution in [0.4, 0.5) is 5.69 Å². The van der Waals surface area contributed by atoms with Crippen molar-refractivity contribution in [3.05, 3.63) is 46.4 Å². The highest BCUT2D eigenvalue weighted by molar-refractivity contribution is 7.09. The fourth-order valence-electron chi connectivity index (χ4n) is 2.90. The number of thiazole rings is 1. The third-order valence-corrected chi connectivity index (χ3v) is 5.06. The van der Waals surface area contributed by atoms with Gasteiger partial charge in [-0.2, -0.15) is 0 Å². The number of carbonyl (C=O) groups is 1. The Hall–Kier alpha value is -1.76. The van der Waals surface area contributed by atoms with Crippen molar-refractivity contribution < 1.29 is 9.53 Å². The van der Waals surface area contributed by atoms with E-state index < -0.39 is 0 Å². The molecule has 3 rings (SSSR count). The number of hydrogen-bond donors (Lipinski definition) is 1. The molecule has 0 bridgehead atoms. The van der Waals surface area contributed by atoms with Gasteiger partial charge in [0.2, 0.25) is 5.91 Å². The quantitative estimate of drug-likeness (QED) is 0.905. The lowest BCUT2D eigenvalue weighted by atomic mass is 10.1. The number of anilines is 1. The maximum atomic E-state index is 12.1. The van der Waals surface area contributed by atoms with E-state index in [1.165, 1.54) is 0 Å². The van der Waals surface area contributed by atoms with Gasteiger partial charge in [0.05, 0.1) is 25.3 Å². The zero-order valence-electron chi connectivity index (χ0n) is 14.1. The van der Waals surface area contributed by atoms with Gasteiger partial charge >= 0.3 is 0 Å². The number of carbonyl (C=O) groups excluding carboxylic acids is 1. The summed E-state index contributed by atoms with van der Waals surface area (Å²) in [6.07, 6.45) is 0.313. The van der Waals surface area contributed by atoms with E-state index in [9.17, 15) is 4.79 Å². The predicted octanol–water partition coefficient (Wildman–Crippen LogP) is 2.93. The van der Waals surface area contributed by atoms with Crippen LogP contribution in [0.3, 0.4) is 0 Å². The molecule has 6 heteroatoms. The third kappa shape index (κ3) is 4.41. The Labute approximate surface area is 146 Å². The van der Waals surface area contributed by atoms with E-state index in [-0.39, 0.29) is 5.91 Å². The molecule has 1 aromatic heterocycles. The molecule has 5 nitrogen and oxygen atoms in total. The lowest BCUT2D eigenvalue weighted by Gasteiger charge is -2.38. The van der Waals surface area contributed by atoms with Gasteiger partial charge in [0.25, 0.3) is 0 Å². The molecule has 128 valence electrons. The predicted molar refractivity (Wildman–Crippen MR) is 96.2 cm³/mol. The molecule has 0 unspecified atom stereocenters. The van der Waals surface area contributed by atoms with Crippen LogP contribution in [0.15, 0.2) is 35.7 Å². The minimum atomic E-state index is -0.0322. The van der Waals surface area contributed by atoms with E-state index >= 15 is 0 Å². The summed E-state index contributed by atoms with van der Waals surface area (Å²) < 4.78 is 5.56. The maximum Gasteiger partial charge on any atom is 0.231 e. The van der Waals surface area contributed by atoms with Gasteiger partial charge in [0.15, 0.2) is 0 Å². The zero-order chi connectivity index (χ0) is 16.9. The largest absolute Gasteiger partial charge is 0.378 e. The normalized spacial score (nSPS) is 21.6. The number of hydrogen-bond acceptors (Lipinski definition) is 5. The minimum absolute atomic E-state index is 0.0322. The van der Waals surface area contributed by atoms with E-state index in [0.29, 0.717) is 18.5 Å². The van der Waals surface area contributed by atoms with Crippen LogP contribution < -0.4 is 5.32 Å². The standard InChI is InChI=1S/C18H23N3O2S/c1-13-10-23-11-14(2)21(13)9-16-12-24-18(20-16)8-17(22)19-15-6-4-3-5-7-15/h3-7,12-14H,8-11H2,1-2H3,(H,19,22)/t13-,14-/m0/s1. The first-order chi connectivity index (χ1) is 11.6. The Morgan fingerprint density at radius 1 is 1.29 bits per heavy atom. The number of para-hydroxylation sites is 1. The van der Waals surface area contributed by atoms with E-state index in [0.717, 1.165) is 36.1 Å². The average Bonchev–Trinajstić information content (AvgIpc) is 2.99. The molecule has 0 saturated carbocycles. The van der Waals surface area contributed by atoms with Crippen LogP contribution in [-0.4, -0.2) is 41.1 Å². The third-order valence-electron chi connectivity index (χ3n) is 4.16. The van der Waals surface area contributed by atoms with E-state index in [1.807, 2.05) is 30.3 Å². The van der Waals surface area contributed by atoms with Crippen molar-refractivity contribution in [3.8, 4) is 0 Å². The van der Waals surface area contributed by atoms with Crippen LogP contribution in [0.1, 0.15) is 24.5 Å². The number of rotatable bonds is 5. The van der Waals surface area contributed by atoms with Crippen LogP contribution in [0.25, 0.3) is 0 Å². The Bertz CT molecular complexity index is 664. The average molecular weight is 345 g/mol. The van der Waals surface area contributed by atoms with Gasteiger partial charge in [-0.25, -0.2) is 4.98 Å². The lowest BCUT2D eigenvalue weighted by molar-refractivity contribution is -0.115. The van der Waals surface area contributed by atoms with Crippen LogP contribution in [0.5, 0.6) is 0 Å². The van der Waals surface area contributed by atoms with Crippen LogP contribution in [0.2, 0.25) is 0 Å². The number of ether oxygens (including phenoxy) is 1. The minimum Gasteiger partial charge on any atom is -0.378 e. The summed E-state index contributed by atoms with van der Waals surface area (Å²) in [6.45, 7) is 6.69. The molecule has 2 aromatic rings. The fourth-order valence-corrected chi connectivity index (χ4v) is 3.68. The highest BCUT2D eigenvalue weighted by atomic mass is 32.1. The number of nitrogens with zero attached hydrogens (tertiary/aromatic N) is 2. The summed E-state index contributed by atoms with van der Waals surface area (Å²) in [4.78, 5) is 19.2. The van der Waals surface area contributed by atoms with Gasteiger partial charge in [-0.3, -0.25) is 9.69 Å². The number of aromatic nitrogens is 1. The van der Waals surface area contributed by atoms with E-state index in [1.54, 1.807) is 11.3 Å². The maximum absolute atomic E-state index is 12.1. The summed E-state index contributed by atoms with van der Waals surface area (Å²) in [5.74, 6) is -0.0322. The number of morpholine rings is 1. The van der Waals surface area contributed by atoms with Gasteiger partial charge in [0.1, 0.15) is 5.01 Å². The van der Waals surface area contributed by atoms with Gasteiger partial charge in [0, 0.05) is 29.7 Å². The Kier molecular flexibility index (Phi) is 5.60.